The molecule has 2 heterocycles. The summed E-state index contributed by atoms with van der Waals surface area (Å²) in [5.41, 5.74) is 3.59. The number of hydrogen-bond acceptors (Lipinski definition) is 4. The fourth-order valence-electron chi connectivity index (χ4n) is 2.12. The van der Waals surface area contributed by atoms with E-state index in [1.807, 2.05) is 0 Å². The summed E-state index contributed by atoms with van der Waals surface area (Å²) >= 11 is 1.74. The van der Waals surface area contributed by atoms with E-state index in [0.29, 0.717) is 0 Å². The molecule has 1 saturated heterocycles. The minimum Gasteiger partial charge on any atom is -1.00 e. The van der Waals surface area contributed by atoms with Crippen LogP contribution in [0.5, 0.6) is 0 Å². The van der Waals surface area contributed by atoms with Crippen LogP contribution in [0.2, 0.25) is 0 Å². The zero-order valence-electron chi connectivity index (χ0n) is 10.9. The number of aromatic nitrogens is 1. The Balaban J connectivity index is 0.00000133. The van der Waals surface area contributed by atoms with Crippen molar-refractivity contribution in [3.05, 3.63) is 35.2 Å². The van der Waals surface area contributed by atoms with Crippen LogP contribution in [0, 0.1) is 6.92 Å². The topological polar surface area (TPSA) is 28.2 Å². The summed E-state index contributed by atoms with van der Waals surface area (Å²) in [4.78, 5) is 7.11. The molecule has 3 rings (SSSR count). The standard InChI is InChI=1S/C14H17N3S.ClH/c1-11-2-4-12(5-3-11)13-10-18-14(16-13)17-8-6-15-7-9-17;/h2-5,10,15H,6-9H2,1H3;1H/p-1. The number of piperazine rings is 1. The third kappa shape index (κ3) is 3.26. The van der Waals surface area contributed by atoms with Gasteiger partial charge < -0.3 is 22.6 Å². The minimum atomic E-state index is 0. The second-order valence-electron chi connectivity index (χ2n) is 4.62. The summed E-state index contributed by atoms with van der Waals surface area (Å²) in [6.07, 6.45) is 0. The van der Waals surface area contributed by atoms with Crippen molar-refractivity contribution < 1.29 is 12.4 Å². The van der Waals surface area contributed by atoms with Gasteiger partial charge in [0.1, 0.15) is 0 Å². The van der Waals surface area contributed by atoms with Gasteiger partial charge in [-0.2, -0.15) is 0 Å². The van der Waals surface area contributed by atoms with E-state index < -0.39 is 0 Å². The largest absolute Gasteiger partial charge is 1.00 e. The maximum Gasteiger partial charge on any atom is 0.185 e. The van der Waals surface area contributed by atoms with Gasteiger partial charge in [0, 0.05) is 37.1 Å². The number of benzene rings is 1. The van der Waals surface area contributed by atoms with Crippen molar-refractivity contribution >= 4 is 16.5 Å². The van der Waals surface area contributed by atoms with Gasteiger partial charge in [-0.1, -0.05) is 29.8 Å². The molecule has 0 unspecified atom stereocenters. The number of halogens is 1. The SMILES string of the molecule is Cc1ccc(-c2csc(N3CCNCC3)n2)cc1.[Cl-]. The van der Waals surface area contributed by atoms with E-state index in [1.165, 1.54) is 11.1 Å². The first-order valence-corrected chi connectivity index (χ1v) is 7.19. The molecule has 2 aromatic rings. The molecule has 1 fully saturated rings. The number of hydrogen-bond donors (Lipinski definition) is 1. The number of aryl methyl sites for hydroxylation is 1. The first-order chi connectivity index (χ1) is 8.83. The third-order valence-electron chi connectivity index (χ3n) is 3.23. The van der Waals surface area contributed by atoms with Crippen molar-refractivity contribution in [1.82, 2.24) is 10.3 Å². The highest BCUT2D eigenvalue weighted by Crippen LogP contribution is 2.27. The highest BCUT2D eigenvalue weighted by atomic mass is 35.5. The van der Waals surface area contributed by atoms with Crippen LogP contribution in [0.15, 0.2) is 29.6 Å². The number of nitrogens with one attached hydrogen (secondary N) is 1. The molecule has 1 aromatic carbocycles. The quantitative estimate of drug-likeness (QED) is 0.812. The van der Waals surface area contributed by atoms with Crippen LogP contribution in [0.25, 0.3) is 11.3 Å². The molecule has 1 N–H and O–H groups in total. The van der Waals surface area contributed by atoms with Gasteiger partial charge in [-0.25, -0.2) is 4.98 Å². The smallest absolute Gasteiger partial charge is 0.185 e. The molecule has 1 aromatic heterocycles. The molecular weight excluding hydrogens is 278 g/mol. The van der Waals surface area contributed by atoms with E-state index in [4.69, 9.17) is 4.98 Å². The predicted octanol–water partition coefficient (Wildman–Crippen LogP) is -0.468. The summed E-state index contributed by atoms with van der Waals surface area (Å²) in [7, 11) is 0. The Morgan fingerprint density at radius 2 is 1.84 bits per heavy atom. The third-order valence-corrected chi connectivity index (χ3v) is 4.13. The fraction of sp³-hybridized carbons (Fsp3) is 0.357. The van der Waals surface area contributed by atoms with Gasteiger partial charge in [-0.05, 0) is 6.92 Å². The van der Waals surface area contributed by atoms with Gasteiger partial charge >= 0.3 is 0 Å². The van der Waals surface area contributed by atoms with Crippen LogP contribution in [-0.2, 0) is 0 Å². The lowest BCUT2D eigenvalue weighted by molar-refractivity contribution is -0.00000367. The van der Waals surface area contributed by atoms with Gasteiger partial charge in [0.05, 0.1) is 5.69 Å². The van der Waals surface area contributed by atoms with Crippen molar-refractivity contribution in [3.63, 3.8) is 0 Å². The van der Waals surface area contributed by atoms with Crippen molar-refractivity contribution in [2.45, 2.75) is 6.92 Å². The molecule has 1 aliphatic rings. The average molecular weight is 295 g/mol. The van der Waals surface area contributed by atoms with Crippen molar-refractivity contribution in [2.24, 2.45) is 0 Å². The molecule has 3 nitrogen and oxygen atoms in total. The second-order valence-corrected chi connectivity index (χ2v) is 5.45. The molecule has 0 saturated carbocycles. The van der Waals surface area contributed by atoms with E-state index >= 15 is 0 Å². The van der Waals surface area contributed by atoms with Crippen molar-refractivity contribution in [2.75, 3.05) is 31.1 Å². The monoisotopic (exact) mass is 294 g/mol. The van der Waals surface area contributed by atoms with Crippen molar-refractivity contribution in [1.29, 1.82) is 0 Å². The second kappa shape index (κ2) is 6.37. The van der Waals surface area contributed by atoms with E-state index in [2.05, 4.69) is 46.8 Å². The molecule has 5 heteroatoms. The lowest BCUT2D eigenvalue weighted by Gasteiger charge is -2.26. The molecule has 0 spiro atoms. The maximum atomic E-state index is 4.75. The summed E-state index contributed by atoms with van der Waals surface area (Å²) < 4.78 is 0. The lowest BCUT2D eigenvalue weighted by Crippen LogP contribution is -3.00. The summed E-state index contributed by atoms with van der Waals surface area (Å²) in [5, 5.41) is 6.66. The molecule has 0 amide bonds. The highest BCUT2D eigenvalue weighted by molar-refractivity contribution is 7.14. The summed E-state index contributed by atoms with van der Waals surface area (Å²) in [5.74, 6) is 0. The fourth-order valence-corrected chi connectivity index (χ4v) is 3.01. The van der Waals surface area contributed by atoms with Gasteiger partial charge in [0.2, 0.25) is 0 Å². The van der Waals surface area contributed by atoms with E-state index in [-0.39, 0.29) is 12.4 Å². The normalized spacial score (nSPS) is 15.1. The molecule has 0 radical (unpaired) electrons. The molecule has 19 heavy (non-hydrogen) atoms. The molecule has 0 bridgehead atoms. The predicted molar refractivity (Wildman–Crippen MR) is 77.4 cm³/mol. The zero-order valence-corrected chi connectivity index (χ0v) is 12.5. The van der Waals surface area contributed by atoms with Crippen LogP contribution in [-0.4, -0.2) is 31.2 Å². The maximum absolute atomic E-state index is 4.75. The Morgan fingerprint density at radius 3 is 2.53 bits per heavy atom. The van der Waals surface area contributed by atoms with Crippen LogP contribution in [0.4, 0.5) is 5.13 Å². The van der Waals surface area contributed by atoms with Crippen LogP contribution >= 0.6 is 11.3 Å². The first kappa shape index (κ1) is 14.3. The van der Waals surface area contributed by atoms with Gasteiger partial charge in [-0.15, -0.1) is 11.3 Å². The number of nitrogens with zero attached hydrogens (tertiary/aromatic N) is 2. The number of rotatable bonds is 2. The molecular formula is C14H17ClN3S-. The molecule has 102 valence electrons. The van der Waals surface area contributed by atoms with Crippen LogP contribution in [0.3, 0.4) is 0 Å². The van der Waals surface area contributed by atoms with Gasteiger partial charge in [0.25, 0.3) is 0 Å². The minimum absolute atomic E-state index is 0. The number of anilines is 1. The van der Waals surface area contributed by atoms with E-state index in [0.717, 1.165) is 37.0 Å². The molecule has 0 aliphatic carbocycles. The van der Waals surface area contributed by atoms with E-state index in [1.54, 1.807) is 11.3 Å². The van der Waals surface area contributed by atoms with Crippen LogP contribution in [0.1, 0.15) is 5.56 Å². The molecule has 0 atom stereocenters. The zero-order chi connectivity index (χ0) is 12.4. The van der Waals surface area contributed by atoms with E-state index in [9.17, 15) is 0 Å². The Morgan fingerprint density at radius 1 is 1.16 bits per heavy atom. The highest BCUT2D eigenvalue weighted by Gasteiger charge is 2.14. The Labute approximate surface area is 124 Å². The summed E-state index contributed by atoms with van der Waals surface area (Å²) in [6, 6.07) is 8.57. The first-order valence-electron chi connectivity index (χ1n) is 6.31. The van der Waals surface area contributed by atoms with Crippen molar-refractivity contribution in [3.8, 4) is 11.3 Å². The van der Waals surface area contributed by atoms with Gasteiger partial charge in [-0.3, -0.25) is 0 Å². The van der Waals surface area contributed by atoms with Crippen LogP contribution < -0.4 is 22.6 Å². The number of thiazole rings is 1. The summed E-state index contributed by atoms with van der Waals surface area (Å²) in [6.45, 7) is 6.33. The Kier molecular flexibility index (Phi) is 4.80. The Hall–Kier alpha value is -1.10. The lowest BCUT2D eigenvalue weighted by atomic mass is 10.1. The molecule has 1 aliphatic heterocycles. The average Bonchev–Trinajstić information content (AvgIpc) is 2.90. The van der Waals surface area contributed by atoms with Gasteiger partial charge in [0.15, 0.2) is 5.13 Å². The Bertz CT molecular complexity index is 518.